The fourth-order valence-electron chi connectivity index (χ4n) is 1.64. The summed E-state index contributed by atoms with van der Waals surface area (Å²) in [7, 11) is 0. The Bertz CT molecular complexity index is 672. The normalized spacial score (nSPS) is 11.2. The van der Waals surface area contributed by atoms with Gasteiger partial charge in [-0.05, 0) is 25.1 Å². The summed E-state index contributed by atoms with van der Waals surface area (Å²) in [5.41, 5.74) is 1.84. The first kappa shape index (κ1) is 14.8. The molecule has 0 bridgehead atoms. The SMILES string of the molecule is Cc1ncc(CO)c(C=Nc2cc(Cl)ccc2Cl)c1O. The van der Waals surface area contributed by atoms with Crippen LogP contribution in [-0.4, -0.2) is 21.4 Å². The third-order valence-corrected chi connectivity index (χ3v) is 3.32. The minimum atomic E-state index is -0.245. The molecule has 0 amide bonds. The first-order chi connectivity index (χ1) is 9.52. The van der Waals surface area contributed by atoms with E-state index in [-0.39, 0.29) is 12.4 Å². The van der Waals surface area contributed by atoms with Crippen molar-refractivity contribution < 1.29 is 10.2 Å². The highest BCUT2D eigenvalue weighted by molar-refractivity contribution is 6.35. The van der Waals surface area contributed by atoms with Crippen LogP contribution >= 0.6 is 23.2 Å². The van der Waals surface area contributed by atoms with Gasteiger partial charge in [0.25, 0.3) is 0 Å². The van der Waals surface area contributed by atoms with Crippen LogP contribution in [0.2, 0.25) is 10.0 Å². The Morgan fingerprint density at radius 1 is 1.35 bits per heavy atom. The maximum Gasteiger partial charge on any atom is 0.145 e. The van der Waals surface area contributed by atoms with Crippen LogP contribution < -0.4 is 0 Å². The smallest absolute Gasteiger partial charge is 0.145 e. The van der Waals surface area contributed by atoms with E-state index in [0.29, 0.717) is 32.6 Å². The molecule has 0 aliphatic rings. The molecular weight excluding hydrogens is 299 g/mol. The number of benzene rings is 1. The number of hydrogen-bond donors (Lipinski definition) is 2. The van der Waals surface area contributed by atoms with E-state index in [2.05, 4.69) is 9.98 Å². The van der Waals surface area contributed by atoms with Crippen LogP contribution in [-0.2, 0) is 6.61 Å². The number of aliphatic imine (C=N–C) groups is 1. The molecule has 6 heteroatoms. The van der Waals surface area contributed by atoms with Gasteiger partial charge in [0.1, 0.15) is 5.75 Å². The van der Waals surface area contributed by atoms with E-state index >= 15 is 0 Å². The second kappa shape index (κ2) is 6.22. The Labute approximate surface area is 126 Å². The third-order valence-electron chi connectivity index (χ3n) is 2.77. The fourth-order valence-corrected chi connectivity index (χ4v) is 1.97. The average molecular weight is 311 g/mol. The summed E-state index contributed by atoms with van der Waals surface area (Å²) in [6.07, 6.45) is 2.93. The molecule has 0 fully saturated rings. The molecule has 0 spiro atoms. The van der Waals surface area contributed by atoms with Crippen LogP contribution in [0.25, 0.3) is 0 Å². The van der Waals surface area contributed by atoms with Gasteiger partial charge in [0.05, 0.1) is 23.0 Å². The molecule has 2 rings (SSSR count). The summed E-state index contributed by atoms with van der Waals surface area (Å²) >= 11 is 11.9. The quantitative estimate of drug-likeness (QED) is 0.850. The van der Waals surface area contributed by atoms with Crippen molar-refractivity contribution in [2.24, 2.45) is 4.99 Å². The van der Waals surface area contributed by atoms with Crippen LogP contribution in [0.1, 0.15) is 16.8 Å². The molecule has 0 aliphatic heterocycles. The number of hydrogen-bond acceptors (Lipinski definition) is 4. The van der Waals surface area contributed by atoms with E-state index in [1.807, 2.05) is 0 Å². The lowest BCUT2D eigenvalue weighted by Crippen LogP contribution is -1.97. The summed E-state index contributed by atoms with van der Waals surface area (Å²) in [5.74, 6) is -0.0153. The number of pyridine rings is 1. The predicted molar refractivity (Wildman–Crippen MR) is 80.3 cm³/mol. The number of halogens is 2. The standard InChI is InChI=1S/C14H12Cl2N2O2/c1-8-14(20)11(9(7-19)5-17-8)6-18-13-4-10(15)2-3-12(13)16/h2-6,19-20H,7H2,1H3. The minimum absolute atomic E-state index is 0.0153. The van der Waals surface area contributed by atoms with Gasteiger partial charge in [-0.3, -0.25) is 9.98 Å². The second-order valence-electron chi connectivity index (χ2n) is 4.14. The minimum Gasteiger partial charge on any atom is -0.505 e. The Morgan fingerprint density at radius 2 is 2.10 bits per heavy atom. The van der Waals surface area contributed by atoms with Crippen LogP contribution in [0.5, 0.6) is 5.75 Å². The van der Waals surface area contributed by atoms with Crippen LogP contribution in [0.3, 0.4) is 0 Å². The Kier molecular flexibility index (Phi) is 4.60. The van der Waals surface area contributed by atoms with Crippen molar-refractivity contribution in [2.75, 3.05) is 0 Å². The first-order valence-electron chi connectivity index (χ1n) is 5.80. The molecule has 1 heterocycles. The topological polar surface area (TPSA) is 65.7 Å². The Hall–Kier alpha value is -1.62. The van der Waals surface area contributed by atoms with Crippen molar-refractivity contribution >= 4 is 35.1 Å². The first-order valence-corrected chi connectivity index (χ1v) is 6.56. The fraction of sp³-hybridized carbons (Fsp3) is 0.143. The van der Waals surface area contributed by atoms with Gasteiger partial charge in [0.15, 0.2) is 0 Å². The summed E-state index contributed by atoms with van der Waals surface area (Å²) in [5, 5.41) is 20.2. The molecule has 0 unspecified atom stereocenters. The predicted octanol–water partition coefficient (Wildman–Crippen LogP) is 3.65. The molecule has 20 heavy (non-hydrogen) atoms. The second-order valence-corrected chi connectivity index (χ2v) is 4.99. The molecule has 2 aromatic rings. The molecule has 2 N–H and O–H groups in total. The van der Waals surface area contributed by atoms with Crippen LogP contribution in [0, 0.1) is 6.92 Å². The van der Waals surface area contributed by atoms with Gasteiger partial charge in [-0.2, -0.15) is 0 Å². The van der Waals surface area contributed by atoms with E-state index in [1.54, 1.807) is 25.1 Å². The van der Waals surface area contributed by atoms with E-state index in [0.717, 1.165) is 0 Å². The van der Waals surface area contributed by atoms with Gasteiger partial charge >= 0.3 is 0 Å². The van der Waals surface area contributed by atoms with E-state index < -0.39 is 0 Å². The zero-order valence-electron chi connectivity index (χ0n) is 10.6. The lowest BCUT2D eigenvalue weighted by molar-refractivity contribution is 0.280. The number of aliphatic hydroxyl groups excluding tert-OH is 1. The lowest BCUT2D eigenvalue weighted by Gasteiger charge is -2.07. The summed E-state index contributed by atoms with van der Waals surface area (Å²) < 4.78 is 0. The van der Waals surface area contributed by atoms with Crippen molar-refractivity contribution in [3.8, 4) is 5.75 Å². The maximum absolute atomic E-state index is 9.99. The molecule has 4 nitrogen and oxygen atoms in total. The molecule has 0 saturated carbocycles. The van der Waals surface area contributed by atoms with Gasteiger partial charge < -0.3 is 10.2 Å². The molecule has 104 valence electrons. The summed E-state index contributed by atoms with van der Waals surface area (Å²) in [6.45, 7) is 1.42. The average Bonchev–Trinajstić information content (AvgIpc) is 2.44. The monoisotopic (exact) mass is 310 g/mol. The van der Waals surface area contributed by atoms with Crippen molar-refractivity contribution in [1.29, 1.82) is 0 Å². The van der Waals surface area contributed by atoms with E-state index in [1.165, 1.54) is 12.4 Å². The Morgan fingerprint density at radius 3 is 2.80 bits per heavy atom. The zero-order valence-corrected chi connectivity index (χ0v) is 12.2. The van der Waals surface area contributed by atoms with Gasteiger partial charge in [-0.1, -0.05) is 23.2 Å². The summed E-state index contributed by atoms with van der Waals surface area (Å²) in [4.78, 5) is 8.19. The summed E-state index contributed by atoms with van der Waals surface area (Å²) in [6, 6.07) is 4.92. The van der Waals surface area contributed by atoms with Gasteiger partial charge in [-0.25, -0.2) is 0 Å². The molecule has 0 radical (unpaired) electrons. The van der Waals surface area contributed by atoms with E-state index in [9.17, 15) is 10.2 Å². The number of aromatic nitrogens is 1. The van der Waals surface area contributed by atoms with Crippen molar-refractivity contribution in [1.82, 2.24) is 4.98 Å². The lowest BCUT2D eigenvalue weighted by atomic mass is 10.1. The van der Waals surface area contributed by atoms with Gasteiger partial charge in [-0.15, -0.1) is 0 Å². The van der Waals surface area contributed by atoms with Crippen LogP contribution in [0.4, 0.5) is 5.69 Å². The number of aromatic hydroxyl groups is 1. The molecular formula is C14H12Cl2N2O2. The molecule has 1 aromatic heterocycles. The maximum atomic E-state index is 9.99. The van der Waals surface area contributed by atoms with Crippen molar-refractivity contribution in [3.05, 3.63) is 51.3 Å². The highest BCUT2D eigenvalue weighted by atomic mass is 35.5. The molecule has 0 saturated heterocycles. The zero-order chi connectivity index (χ0) is 14.7. The van der Waals surface area contributed by atoms with Crippen LogP contribution in [0.15, 0.2) is 29.4 Å². The third kappa shape index (κ3) is 3.10. The number of aryl methyl sites for hydroxylation is 1. The highest BCUT2D eigenvalue weighted by Gasteiger charge is 2.09. The molecule has 1 aromatic carbocycles. The number of nitrogens with zero attached hydrogens (tertiary/aromatic N) is 2. The van der Waals surface area contributed by atoms with Gasteiger partial charge in [0.2, 0.25) is 0 Å². The number of aliphatic hydroxyl groups is 1. The number of rotatable bonds is 3. The molecule has 0 atom stereocenters. The Balaban J connectivity index is 2.46. The van der Waals surface area contributed by atoms with E-state index in [4.69, 9.17) is 23.2 Å². The molecule has 0 aliphatic carbocycles. The van der Waals surface area contributed by atoms with Gasteiger partial charge in [0, 0.05) is 28.6 Å². The van der Waals surface area contributed by atoms with Crippen molar-refractivity contribution in [3.63, 3.8) is 0 Å². The van der Waals surface area contributed by atoms with Crippen molar-refractivity contribution in [2.45, 2.75) is 13.5 Å². The highest BCUT2D eigenvalue weighted by Crippen LogP contribution is 2.29. The largest absolute Gasteiger partial charge is 0.505 e.